The van der Waals surface area contributed by atoms with Gasteiger partial charge in [0.25, 0.3) is 5.91 Å². The van der Waals surface area contributed by atoms with Crippen LogP contribution in [0.15, 0.2) is 60.7 Å². The molecule has 0 N–H and O–H groups in total. The fourth-order valence-corrected chi connectivity index (χ4v) is 3.45. The Hall–Kier alpha value is -3.41. The van der Waals surface area contributed by atoms with E-state index in [9.17, 15) is 4.79 Å². The Bertz CT molecular complexity index is 991. The number of carbonyl (C=O) groups excluding carboxylic acids is 1. The van der Waals surface area contributed by atoms with Crippen LogP contribution < -0.4 is 9.64 Å². The van der Waals surface area contributed by atoms with Crippen LogP contribution in [0.3, 0.4) is 0 Å². The number of fused-ring (bicyclic) bond motifs is 1. The highest BCUT2D eigenvalue weighted by Crippen LogP contribution is 2.28. The molecular formula is C23H24N4O2. The van der Waals surface area contributed by atoms with Gasteiger partial charge in [0.15, 0.2) is 12.4 Å². The molecule has 2 heterocycles. The normalized spacial score (nSPS) is 13.0. The zero-order chi connectivity index (χ0) is 20.2. The van der Waals surface area contributed by atoms with Gasteiger partial charge in [-0.05, 0) is 12.1 Å². The van der Waals surface area contributed by atoms with E-state index in [1.807, 2.05) is 84.6 Å². The molecule has 1 aliphatic rings. The Morgan fingerprint density at radius 3 is 2.41 bits per heavy atom. The summed E-state index contributed by atoms with van der Waals surface area (Å²) in [6.07, 6.45) is 0.704. The van der Waals surface area contributed by atoms with Crippen molar-refractivity contribution in [2.45, 2.75) is 13.0 Å². The second kappa shape index (κ2) is 8.31. The zero-order valence-electron chi connectivity index (χ0n) is 16.7. The van der Waals surface area contributed by atoms with E-state index < -0.39 is 0 Å². The van der Waals surface area contributed by atoms with Crippen LogP contribution in [0.5, 0.6) is 5.75 Å². The lowest BCUT2D eigenvalue weighted by molar-refractivity contribution is -0.134. The first-order chi connectivity index (χ1) is 14.1. The van der Waals surface area contributed by atoms with E-state index in [4.69, 9.17) is 14.7 Å². The lowest BCUT2D eigenvalue weighted by Gasteiger charge is -2.31. The second-order valence-electron chi connectivity index (χ2n) is 7.22. The van der Waals surface area contributed by atoms with Gasteiger partial charge in [0.1, 0.15) is 11.6 Å². The van der Waals surface area contributed by atoms with Crippen LogP contribution in [0.4, 0.5) is 5.82 Å². The van der Waals surface area contributed by atoms with Gasteiger partial charge in [-0.1, -0.05) is 48.5 Å². The van der Waals surface area contributed by atoms with E-state index in [1.54, 1.807) is 0 Å². The smallest absolute Gasteiger partial charge is 0.260 e. The third-order valence-corrected chi connectivity index (χ3v) is 4.95. The van der Waals surface area contributed by atoms with E-state index in [-0.39, 0.29) is 12.5 Å². The molecule has 0 fully saturated rings. The van der Waals surface area contributed by atoms with Crippen molar-refractivity contribution in [1.82, 2.24) is 14.9 Å². The van der Waals surface area contributed by atoms with Gasteiger partial charge in [-0.3, -0.25) is 4.79 Å². The fourth-order valence-electron chi connectivity index (χ4n) is 3.45. The van der Waals surface area contributed by atoms with Crippen molar-refractivity contribution in [2.24, 2.45) is 0 Å². The number of ether oxygens (including phenoxy) is 1. The second-order valence-corrected chi connectivity index (χ2v) is 7.22. The van der Waals surface area contributed by atoms with Crippen molar-refractivity contribution in [3.05, 3.63) is 71.9 Å². The third kappa shape index (κ3) is 4.21. The Kier molecular flexibility index (Phi) is 5.42. The van der Waals surface area contributed by atoms with Crippen molar-refractivity contribution in [3.8, 4) is 17.1 Å². The maximum Gasteiger partial charge on any atom is 0.260 e. The Morgan fingerprint density at radius 1 is 1.03 bits per heavy atom. The summed E-state index contributed by atoms with van der Waals surface area (Å²) in [5.41, 5.74) is 3.01. The van der Waals surface area contributed by atoms with Crippen LogP contribution in [0.1, 0.15) is 11.3 Å². The SMILES string of the molecule is CN(C)c1nc(-c2ccccc2)nc2c1CN(C(=O)COc1ccccc1)CC2. The Labute approximate surface area is 170 Å². The number of carbonyl (C=O) groups is 1. The number of hydrogen-bond acceptors (Lipinski definition) is 5. The molecule has 0 unspecified atom stereocenters. The number of nitrogens with zero attached hydrogens (tertiary/aromatic N) is 4. The predicted octanol–water partition coefficient (Wildman–Crippen LogP) is 3.17. The molecule has 148 valence electrons. The van der Waals surface area contributed by atoms with Gasteiger partial charge in [-0.25, -0.2) is 9.97 Å². The largest absolute Gasteiger partial charge is 0.484 e. The van der Waals surface area contributed by atoms with Gasteiger partial charge in [-0.2, -0.15) is 0 Å². The molecule has 1 aromatic heterocycles. The van der Waals surface area contributed by atoms with E-state index in [1.165, 1.54) is 0 Å². The van der Waals surface area contributed by atoms with E-state index in [0.717, 1.165) is 28.5 Å². The van der Waals surface area contributed by atoms with Gasteiger partial charge >= 0.3 is 0 Å². The van der Waals surface area contributed by atoms with E-state index in [0.29, 0.717) is 25.3 Å². The first-order valence-electron chi connectivity index (χ1n) is 9.70. The first-order valence-corrected chi connectivity index (χ1v) is 9.70. The lowest BCUT2D eigenvalue weighted by atomic mass is 10.0. The molecule has 0 aliphatic carbocycles. The van der Waals surface area contributed by atoms with Gasteiger partial charge in [0.2, 0.25) is 0 Å². The van der Waals surface area contributed by atoms with Crippen molar-refractivity contribution in [1.29, 1.82) is 0 Å². The molecule has 0 atom stereocenters. The third-order valence-electron chi connectivity index (χ3n) is 4.95. The molecule has 0 radical (unpaired) electrons. The van der Waals surface area contributed by atoms with Crippen LogP contribution in [0.25, 0.3) is 11.4 Å². The average molecular weight is 388 g/mol. The molecule has 0 spiro atoms. The van der Waals surface area contributed by atoms with Crippen LogP contribution in [-0.2, 0) is 17.8 Å². The summed E-state index contributed by atoms with van der Waals surface area (Å²) in [5.74, 6) is 2.25. The van der Waals surface area contributed by atoms with Crippen molar-refractivity contribution < 1.29 is 9.53 Å². The number of hydrogen-bond donors (Lipinski definition) is 0. The van der Waals surface area contributed by atoms with Crippen LogP contribution >= 0.6 is 0 Å². The fraction of sp³-hybridized carbons (Fsp3) is 0.261. The molecule has 3 aromatic rings. The summed E-state index contributed by atoms with van der Waals surface area (Å²) in [4.78, 5) is 26.1. The quantitative estimate of drug-likeness (QED) is 0.672. The summed E-state index contributed by atoms with van der Waals surface area (Å²) >= 11 is 0. The molecule has 4 rings (SSSR count). The summed E-state index contributed by atoms with van der Waals surface area (Å²) in [6.45, 7) is 1.15. The molecule has 2 aromatic carbocycles. The summed E-state index contributed by atoms with van der Waals surface area (Å²) < 4.78 is 5.63. The maximum absolute atomic E-state index is 12.7. The molecule has 29 heavy (non-hydrogen) atoms. The number of para-hydroxylation sites is 1. The molecule has 1 aliphatic heterocycles. The summed E-state index contributed by atoms with van der Waals surface area (Å²) in [7, 11) is 3.94. The zero-order valence-corrected chi connectivity index (χ0v) is 16.7. The van der Waals surface area contributed by atoms with Gasteiger partial charge in [0, 0.05) is 38.2 Å². The molecule has 6 heteroatoms. The topological polar surface area (TPSA) is 58.6 Å². The molecular weight excluding hydrogens is 364 g/mol. The molecule has 0 saturated heterocycles. The first kappa shape index (κ1) is 18.9. The summed E-state index contributed by atoms with van der Waals surface area (Å²) in [5, 5.41) is 0. The van der Waals surface area contributed by atoms with Gasteiger partial charge in [-0.15, -0.1) is 0 Å². The molecule has 6 nitrogen and oxygen atoms in total. The highest BCUT2D eigenvalue weighted by atomic mass is 16.5. The minimum Gasteiger partial charge on any atom is -0.484 e. The Morgan fingerprint density at radius 2 is 1.72 bits per heavy atom. The van der Waals surface area contributed by atoms with Gasteiger partial charge in [0.05, 0.1) is 12.2 Å². The predicted molar refractivity (Wildman–Crippen MR) is 113 cm³/mol. The lowest BCUT2D eigenvalue weighted by Crippen LogP contribution is -2.40. The van der Waals surface area contributed by atoms with Gasteiger partial charge < -0.3 is 14.5 Å². The van der Waals surface area contributed by atoms with E-state index in [2.05, 4.69) is 0 Å². The summed E-state index contributed by atoms with van der Waals surface area (Å²) in [6, 6.07) is 19.4. The molecule has 1 amide bonds. The minimum absolute atomic E-state index is 0.0274. The molecule has 0 saturated carbocycles. The monoisotopic (exact) mass is 388 g/mol. The number of amides is 1. The molecule has 0 bridgehead atoms. The number of aromatic nitrogens is 2. The van der Waals surface area contributed by atoms with E-state index >= 15 is 0 Å². The van der Waals surface area contributed by atoms with Crippen molar-refractivity contribution in [2.75, 3.05) is 32.1 Å². The minimum atomic E-state index is -0.0312. The average Bonchev–Trinajstić information content (AvgIpc) is 2.77. The van der Waals surface area contributed by atoms with Crippen LogP contribution in [0.2, 0.25) is 0 Å². The van der Waals surface area contributed by atoms with Crippen LogP contribution in [-0.4, -0.2) is 48.0 Å². The van der Waals surface area contributed by atoms with Crippen molar-refractivity contribution >= 4 is 11.7 Å². The standard InChI is InChI=1S/C23H24N4O2/c1-26(2)23-19-15-27(21(28)16-29-18-11-7-4-8-12-18)14-13-20(19)24-22(25-23)17-9-5-3-6-10-17/h3-12H,13-16H2,1-2H3. The van der Waals surface area contributed by atoms with Crippen LogP contribution in [0, 0.1) is 0 Å². The van der Waals surface area contributed by atoms with Crippen molar-refractivity contribution in [3.63, 3.8) is 0 Å². The highest BCUT2D eigenvalue weighted by molar-refractivity contribution is 5.78. The number of benzene rings is 2. The number of anilines is 1. The highest BCUT2D eigenvalue weighted by Gasteiger charge is 2.26. The maximum atomic E-state index is 12.7. The Balaban J connectivity index is 1.54. The number of rotatable bonds is 5.